The summed E-state index contributed by atoms with van der Waals surface area (Å²) in [5.41, 5.74) is 0.834. The highest BCUT2D eigenvalue weighted by Crippen LogP contribution is 2.29. The number of hydrogen-bond acceptors (Lipinski definition) is 3. The van der Waals surface area contributed by atoms with Crippen LogP contribution in [-0.4, -0.2) is 24.2 Å². The minimum absolute atomic E-state index is 0.0111. The van der Waals surface area contributed by atoms with E-state index in [1.807, 2.05) is 19.9 Å². The number of nitrogens with one attached hydrogen (secondary N) is 1. The summed E-state index contributed by atoms with van der Waals surface area (Å²) in [5, 5.41) is 12.3. The second-order valence-electron chi connectivity index (χ2n) is 4.30. The highest BCUT2D eigenvalue weighted by molar-refractivity contribution is 6.32. The third kappa shape index (κ3) is 4.20. The van der Waals surface area contributed by atoms with Gasteiger partial charge in [-0.15, -0.1) is 0 Å². The number of benzene rings is 1. The molecule has 0 saturated heterocycles. The molecule has 18 heavy (non-hydrogen) atoms. The Morgan fingerprint density at radius 2 is 2.17 bits per heavy atom. The van der Waals surface area contributed by atoms with Crippen LogP contribution < -0.4 is 10.1 Å². The molecule has 1 atom stereocenters. The van der Waals surface area contributed by atoms with E-state index >= 15 is 0 Å². The van der Waals surface area contributed by atoms with Crippen LogP contribution in [-0.2, 0) is 4.79 Å². The van der Waals surface area contributed by atoms with Crippen molar-refractivity contribution in [2.75, 3.05) is 7.05 Å². The Kier molecular flexibility index (Phi) is 5.44. The lowest BCUT2D eigenvalue weighted by molar-refractivity contribution is -0.137. The zero-order chi connectivity index (χ0) is 13.7. The summed E-state index contributed by atoms with van der Waals surface area (Å²) >= 11 is 6.11. The summed E-state index contributed by atoms with van der Waals surface area (Å²) in [6.45, 7) is 3.84. The third-order valence-corrected chi connectivity index (χ3v) is 2.74. The number of ether oxygens (including phenoxy) is 1. The molecule has 5 heteroatoms. The summed E-state index contributed by atoms with van der Waals surface area (Å²) in [4.78, 5) is 10.7. The van der Waals surface area contributed by atoms with Crippen LogP contribution in [0.25, 0.3) is 0 Å². The number of rotatable bonds is 6. The van der Waals surface area contributed by atoms with Gasteiger partial charge in [-0.2, -0.15) is 0 Å². The molecule has 1 rings (SSSR count). The third-order valence-electron chi connectivity index (χ3n) is 2.45. The van der Waals surface area contributed by atoms with Crippen LogP contribution in [0, 0.1) is 0 Å². The second-order valence-corrected chi connectivity index (χ2v) is 4.70. The van der Waals surface area contributed by atoms with E-state index in [0.29, 0.717) is 10.8 Å². The lowest BCUT2D eigenvalue weighted by Crippen LogP contribution is -2.19. The average molecular weight is 272 g/mol. The van der Waals surface area contributed by atoms with Gasteiger partial charge in [-0.25, -0.2) is 0 Å². The van der Waals surface area contributed by atoms with Crippen molar-refractivity contribution in [1.82, 2.24) is 5.32 Å². The molecular weight excluding hydrogens is 254 g/mol. The van der Waals surface area contributed by atoms with Crippen molar-refractivity contribution in [2.45, 2.75) is 32.4 Å². The number of aliphatic carboxylic acids is 1. The first-order chi connectivity index (χ1) is 8.43. The highest BCUT2D eigenvalue weighted by Gasteiger charge is 2.15. The van der Waals surface area contributed by atoms with E-state index in [0.717, 1.165) is 5.56 Å². The van der Waals surface area contributed by atoms with Crippen LogP contribution in [0.5, 0.6) is 5.75 Å². The molecular formula is C13H18ClNO3. The van der Waals surface area contributed by atoms with Gasteiger partial charge in [0.05, 0.1) is 17.5 Å². The maximum absolute atomic E-state index is 10.7. The molecule has 1 aromatic rings. The summed E-state index contributed by atoms with van der Waals surface area (Å²) in [6.07, 6.45) is 0.0597. The average Bonchev–Trinajstić information content (AvgIpc) is 2.28. The summed E-state index contributed by atoms with van der Waals surface area (Å²) in [6, 6.07) is 5.08. The minimum Gasteiger partial charge on any atom is -0.489 e. The van der Waals surface area contributed by atoms with Gasteiger partial charge in [0.1, 0.15) is 5.75 Å². The Morgan fingerprint density at radius 1 is 1.50 bits per heavy atom. The quantitative estimate of drug-likeness (QED) is 0.835. The molecule has 4 nitrogen and oxygen atoms in total. The van der Waals surface area contributed by atoms with Gasteiger partial charge in [0.15, 0.2) is 0 Å². The first-order valence-electron chi connectivity index (χ1n) is 5.79. The molecule has 0 aliphatic rings. The second kappa shape index (κ2) is 6.61. The summed E-state index contributed by atoms with van der Waals surface area (Å²) in [5.74, 6) is -0.242. The molecule has 0 amide bonds. The molecule has 0 aromatic heterocycles. The minimum atomic E-state index is -0.854. The smallest absolute Gasteiger partial charge is 0.305 e. The predicted molar refractivity (Wildman–Crippen MR) is 71.3 cm³/mol. The molecule has 1 aromatic carbocycles. The lowest BCUT2D eigenvalue weighted by Gasteiger charge is -2.17. The molecule has 0 spiro atoms. The Hall–Kier alpha value is -1.26. The van der Waals surface area contributed by atoms with E-state index in [9.17, 15) is 4.79 Å². The van der Waals surface area contributed by atoms with Crippen LogP contribution in [0.1, 0.15) is 31.9 Å². The van der Waals surface area contributed by atoms with Crippen molar-refractivity contribution in [2.24, 2.45) is 0 Å². The van der Waals surface area contributed by atoms with Gasteiger partial charge >= 0.3 is 5.97 Å². The number of carbonyl (C=O) groups is 1. The van der Waals surface area contributed by atoms with Gasteiger partial charge in [0.25, 0.3) is 0 Å². The largest absolute Gasteiger partial charge is 0.489 e. The molecule has 0 saturated carbocycles. The van der Waals surface area contributed by atoms with Crippen LogP contribution in [0.15, 0.2) is 18.2 Å². The zero-order valence-corrected chi connectivity index (χ0v) is 11.5. The standard InChI is InChI=1S/C13H18ClNO3/c1-8(2)18-12-5-4-9(6-10(12)14)11(15-3)7-13(16)17/h4-6,8,11,15H,7H2,1-3H3,(H,16,17). The molecule has 100 valence electrons. The molecule has 0 aliphatic heterocycles. The number of halogens is 1. The SMILES string of the molecule is CNC(CC(=O)O)c1ccc(OC(C)C)c(Cl)c1. The fraction of sp³-hybridized carbons (Fsp3) is 0.462. The van der Waals surface area contributed by atoms with Crippen molar-refractivity contribution >= 4 is 17.6 Å². The van der Waals surface area contributed by atoms with Gasteiger partial charge < -0.3 is 15.2 Å². The van der Waals surface area contributed by atoms with E-state index in [1.54, 1.807) is 19.2 Å². The fourth-order valence-corrected chi connectivity index (χ4v) is 1.88. The van der Waals surface area contributed by atoms with Crippen LogP contribution in [0.4, 0.5) is 0 Å². The van der Waals surface area contributed by atoms with E-state index < -0.39 is 5.97 Å². The fourth-order valence-electron chi connectivity index (χ4n) is 1.64. The van der Waals surface area contributed by atoms with Gasteiger partial charge in [-0.05, 0) is 38.6 Å². The van der Waals surface area contributed by atoms with Crippen molar-refractivity contribution in [3.63, 3.8) is 0 Å². The highest BCUT2D eigenvalue weighted by atomic mass is 35.5. The Labute approximate surface area is 112 Å². The normalized spacial score (nSPS) is 12.5. The van der Waals surface area contributed by atoms with Gasteiger partial charge in [-0.1, -0.05) is 17.7 Å². The molecule has 0 aliphatic carbocycles. The lowest BCUT2D eigenvalue weighted by atomic mass is 10.0. The van der Waals surface area contributed by atoms with E-state index in [-0.39, 0.29) is 18.6 Å². The van der Waals surface area contributed by atoms with E-state index in [4.69, 9.17) is 21.4 Å². The molecule has 0 heterocycles. The van der Waals surface area contributed by atoms with Crippen LogP contribution in [0.2, 0.25) is 5.02 Å². The van der Waals surface area contributed by atoms with Crippen molar-refractivity contribution < 1.29 is 14.6 Å². The Bertz CT molecular complexity index is 421. The molecule has 0 bridgehead atoms. The maximum Gasteiger partial charge on any atom is 0.305 e. The first-order valence-corrected chi connectivity index (χ1v) is 6.17. The summed E-state index contributed by atoms with van der Waals surface area (Å²) in [7, 11) is 1.72. The maximum atomic E-state index is 10.7. The van der Waals surface area contributed by atoms with Crippen LogP contribution in [0.3, 0.4) is 0 Å². The van der Waals surface area contributed by atoms with E-state index in [1.165, 1.54) is 0 Å². The number of carboxylic acid groups (broad SMARTS) is 1. The number of carboxylic acids is 1. The molecule has 0 fully saturated rings. The monoisotopic (exact) mass is 271 g/mol. The van der Waals surface area contributed by atoms with Crippen LogP contribution >= 0.6 is 11.6 Å². The Balaban J connectivity index is 2.91. The van der Waals surface area contributed by atoms with Gasteiger partial charge in [0.2, 0.25) is 0 Å². The molecule has 2 N–H and O–H groups in total. The topological polar surface area (TPSA) is 58.6 Å². The summed E-state index contributed by atoms with van der Waals surface area (Å²) < 4.78 is 5.53. The molecule has 0 radical (unpaired) electrons. The molecule has 1 unspecified atom stereocenters. The van der Waals surface area contributed by atoms with Crippen molar-refractivity contribution in [3.8, 4) is 5.75 Å². The van der Waals surface area contributed by atoms with Gasteiger partial charge in [-0.3, -0.25) is 4.79 Å². The number of hydrogen-bond donors (Lipinski definition) is 2. The predicted octanol–water partition coefficient (Wildman–Crippen LogP) is 2.86. The van der Waals surface area contributed by atoms with E-state index in [2.05, 4.69) is 5.32 Å². The zero-order valence-electron chi connectivity index (χ0n) is 10.7. The van der Waals surface area contributed by atoms with Gasteiger partial charge in [0, 0.05) is 6.04 Å². The van der Waals surface area contributed by atoms with Crippen molar-refractivity contribution in [3.05, 3.63) is 28.8 Å². The first kappa shape index (κ1) is 14.8. The Morgan fingerprint density at radius 3 is 2.61 bits per heavy atom. The van der Waals surface area contributed by atoms with Crippen molar-refractivity contribution in [1.29, 1.82) is 0 Å².